The Labute approximate surface area is 122 Å². The molecule has 0 unspecified atom stereocenters. The average molecular weight is 224 g/mol. The van der Waals surface area contributed by atoms with Crippen molar-refractivity contribution in [1.29, 1.82) is 0 Å². The Bertz CT molecular complexity index is 307. The van der Waals surface area contributed by atoms with Gasteiger partial charge in [-0.05, 0) is 6.07 Å². The van der Waals surface area contributed by atoms with E-state index in [4.69, 9.17) is 5.11 Å². The molecule has 0 aromatic heterocycles. The molecule has 14 heavy (non-hydrogen) atoms. The van der Waals surface area contributed by atoms with Gasteiger partial charge in [-0.25, -0.2) is 4.79 Å². The zero-order chi connectivity index (χ0) is 9.14. The van der Waals surface area contributed by atoms with Crippen LogP contribution in [0, 0.1) is 0 Å². The van der Waals surface area contributed by atoms with Crippen molar-refractivity contribution in [1.82, 2.24) is 0 Å². The first kappa shape index (κ1) is 16.2. The maximum Gasteiger partial charge on any atom is 1.00 e. The second-order valence-electron chi connectivity index (χ2n) is 2.14. The minimum atomic E-state index is -1.48. The van der Waals surface area contributed by atoms with Crippen LogP contribution in [0.1, 0.15) is 20.7 Å². The van der Waals surface area contributed by atoms with Crippen molar-refractivity contribution in [3.63, 3.8) is 0 Å². The number of hydrogen-bond donors (Lipinski definition) is 1. The maximum atomic E-state index is 10.4. The first-order chi connectivity index (χ1) is 5.63. The molecule has 0 aliphatic carbocycles. The summed E-state index contributed by atoms with van der Waals surface area (Å²) in [5.74, 6) is -2.75. The van der Waals surface area contributed by atoms with E-state index in [-0.39, 0.29) is 67.2 Å². The molecule has 0 amide bonds. The van der Waals surface area contributed by atoms with Gasteiger partial charge in [0.05, 0.1) is 11.5 Å². The average Bonchev–Trinajstić information content (AvgIpc) is 2.04. The van der Waals surface area contributed by atoms with Crippen LogP contribution in [0.5, 0.6) is 0 Å². The van der Waals surface area contributed by atoms with E-state index in [0.29, 0.717) is 0 Å². The number of carboxylic acid groups (broad SMARTS) is 2. The van der Waals surface area contributed by atoms with Gasteiger partial charge in [-0.2, -0.15) is 0 Å². The van der Waals surface area contributed by atoms with Crippen LogP contribution in [-0.2, 0) is 0 Å². The van der Waals surface area contributed by atoms with E-state index in [9.17, 15) is 14.7 Å². The molecular formula is C8H6FKO4. The number of carbonyl (C=O) groups is 2. The van der Waals surface area contributed by atoms with E-state index in [1.54, 1.807) is 0 Å². The fourth-order valence-corrected chi connectivity index (χ4v) is 0.848. The number of aromatic carboxylic acids is 2. The van der Waals surface area contributed by atoms with Gasteiger partial charge in [0.1, 0.15) is 0 Å². The fraction of sp³-hybridized carbons (Fsp3) is 0. The summed E-state index contributed by atoms with van der Waals surface area (Å²) < 4.78 is 0. The molecular weight excluding hydrogens is 218 g/mol. The van der Waals surface area contributed by atoms with Crippen molar-refractivity contribution in [2.75, 3.05) is 0 Å². The minimum absolute atomic E-state index is 0. The Balaban J connectivity index is 0. The summed E-state index contributed by atoms with van der Waals surface area (Å²) in [6.45, 7) is 0. The third-order valence-corrected chi connectivity index (χ3v) is 1.38. The normalized spacial score (nSPS) is 8.00. The molecule has 0 bridgehead atoms. The minimum Gasteiger partial charge on any atom is -0.545 e. The quantitative estimate of drug-likeness (QED) is 0.540. The number of benzene rings is 1. The number of carbonyl (C=O) groups excluding carboxylic acids is 1. The van der Waals surface area contributed by atoms with E-state index in [1.165, 1.54) is 24.3 Å². The van der Waals surface area contributed by atoms with Crippen molar-refractivity contribution in [3.05, 3.63) is 35.4 Å². The maximum absolute atomic E-state index is 10.4. The molecule has 6 heteroatoms. The van der Waals surface area contributed by atoms with Crippen LogP contribution in [-0.4, -0.2) is 17.0 Å². The molecule has 1 rings (SSSR count). The van der Waals surface area contributed by atoms with Crippen molar-refractivity contribution in [2.24, 2.45) is 0 Å². The fourth-order valence-electron chi connectivity index (χ4n) is 0.848. The molecule has 0 heterocycles. The van der Waals surface area contributed by atoms with Gasteiger partial charge in [0.2, 0.25) is 0 Å². The largest absolute Gasteiger partial charge is 1.00 e. The Morgan fingerprint density at radius 3 is 1.86 bits per heavy atom. The van der Waals surface area contributed by atoms with Gasteiger partial charge in [-0.1, -0.05) is 18.2 Å². The standard InChI is InChI=1S/C8H6O4.FH.K/c9-7(10)5-3-1-2-4-6(5)8(11)12;;/h1-4H,(H,9,10)(H,11,12);1H;/q;;+1/p-1. The van der Waals surface area contributed by atoms with Crippen LogP contribution in [0.15, 0.2) is 24.3 Å². The molecule has 1 aromatic carbocycles. The molecule has 4 nitrogen and oxygen atoms in total. The van der Waals surface area contributed by atoms with Gasteiger partial charge in [-0.15, -0.1) is 0 Å². The third-order valence-electron chi connectivity index (χ3n) is 1.38. The van der Waals surface area contributed by atoms with Crippen molar-refractivity contribution < 1.29 is 75.9 Å². The van der Waals surface area contributed by atoms with Gasteiger partial charge in [0.15, 0.2) is 0 Å². The van der Waals surface area contributed by atoms with Gasteiger partial charge < -0.3 is 15.0 Å². The van der Waals surface area contributed by atoms with Crippen LogP contribution in [0.2, 0.25) is 0 Å². The van der Waals surface area contributed by atoms with E-state index >= 15 is 0 Å². The summed E-state index contributed by atoms with van der Waals surface area (Å²) >= 11 is 0. The smallest absolute Gasteiger partial charge is 0.545 e. The van der Waals surface area contributed by atoms with E-state index in [0.717, 1.165) is 0 Å². The van der Waals surface area contributed by atoms with Crippen LogP contribution >= 0.6 is 0 Å². The predicted molar refractivity (Wildman–Crippen MR) is 40.2 cm³/mol. The summed E-state index contributed by atoms with van der Waals surface area (Å²) in [6.07, 6.45) is 0. The zero-order valence-electron chi connectivity index (χ0n) is 7.39. The summed E-state index contributed by atoms with van der Waals surface area (Å²) in [5.41, 5.74) is -0.553. The second-order valence-corrected chi connectivity index (χ2v) is 2.14. The third kappa shape index (κ3) is 3.85. The molecule has 0 aliphatic rings. The number of rotatable bonds is 2. The summed E-state index contributed by atoms with van der Waals surface area (Å²) in [4.78, 5) is 20.8. The van der Waals surface area contributed by atoms with Crippen LogP contribution in [0.3, 0.4) is 0 Å². The molecule has 70 valence electrons. The summed E-state index contributed by atoms with van der Waals surface area (Å²) in [6, 6.07) is 5.31. The van der Waals surface area contributed by atoms with Gasteiger partial charge >= 0.3 is 57.4 Å². The van der Waals surface area contributed by atoms with Gasteiger partial charge in [-0.3, -0.25) is 4.70 Å². The van der Waals surface area contributed by atoms with Crippen LogP contribution < -0.4 is 56.5 Å². The van der Waals surface area contributed by atoms with Gasteiger partial charge in [0, 0.05) is 5.56 Å². The SMILES string of the molecule is F.O=C([O-])c1ccccc1C(=O)O.[K+]. The Morgan fingerprint density at radius 1 is 1.14 bits per heavy atom. The van der Waals surface area contributed by atoms with Crippen molar-refractivity contribution in [2.45, 2.75) is 0 Å². The first-order valence-corrected chi connectivity index (χ1v) is 3.16. The number of carboxylic acids is 2. The zero-order valence-corrected chi connectivity index (χ0v) is 10.5. The molecule has 1 N–H and O–H groups in total. The van der Waals surface area contributed by atoms with Crippen molar-refractivity contribution in [3.8, 4) is 0 Å². The topological polar surface area (TPSA) is 77.4 Å². The Kier molecular flexibility index (Phi) is 8.17. The molecule has 0 saturated heterocycles. The molecule has 0 atom stereocenters. The Hall–Kier alpha value is -0.274. The van der Waals surface area contributed by atoms with Crippen molar-refractivity contribution >= 4 is 11.9 Å². The first-order valence-electron chi connectivity index (χ1n) is 3.16. The number of hydrogen-bond acceptors (Lipinski definition) is 3. The molecule has 0 saturated carbocycles. The second kappa shape index (κ2) is 7.08. The van der Waals surface area contributed by atoms with E-state index in [1.807, 2.05) is 0 Å². The predicted octanol–water partition coefficient (Wildman–Crippen LogP) is -3.10. The molecule has 0 fully saturated rings. The van der Waals surface area contributed by atoms with Gasteiger partial charge in [0.25, 0.3) is 0 Å². The van der Waals surface area contributed by atoms with Crippen LogP contribution in [0.25, 0.3) is 0 Å². The molecule has 0 radical (unpaired) electrons. The Morgan fingerprint density at radius 2 is 1.57 bits per heavy atom. The van der Waals surface area contributed by atoms with Crippen LogP contribution in [0.4, 0.5) is 4.70 Å². The molecule has 0 spiro atoms. The number of halogens is 1. The summed E-state index contributed by atoms with van der Waals surface area (Å²) in [7, 11) is 0. The van der Waals surface area contributed by atoms with E-state index < -0.39 is 11.9 Å². The monoisotopic (exact) mass is 224 g/mol. The summed E-state index contributed by atoms with van der Waals surface area (Å²) in [5, 5.41) is 18.9. The van der Waals surface area contributed by atoms with E-state index in [2.05, 4.69) is 0 Å². The molecule has 1 aromatic rings. The molecule has 0 aliphatic heterocycles.